The number of fused-ring (bicyclic) bond motifs is 2. The second kappa shape index (κ2) is 8.48. The number of imidazole rings is 1. The number of ether oxygens (including phenoxy) is 1. The van der Waals surface area contributed by atoms with Gasteiger partial charge in [-0.1, -0.05) is 0 Å². The molecule has 1 aromatic carbocycles. The zero-order valence-corrected chi connectivity index (χ0v) is 19.5. The number of anilines is 2. The molecule has 0 bridgehead atoms. The smallest absolute Gasteiger partial charge is 0.261 e. The number of thiophene rings is 1. The van der Waals surface area contributed by atoms with Crippen LogP contribution >= 0.6 is 11.3 Å². The monoisotopic (exact) mass is 464 g/mol. The molecule has 3 aromatic heterocycles. The zero-order valence-electron chi connectivity index (χ0n) is 18.7. The summed E-state index contributed by atoms with van der Waals surface area (Å²) in [5.41, 5.74) is 5.18. The number of nitrogens with zero attached hydrogens (tertiary/aromatic N) is 3. The Bertz CT molecular complexity index is 1340. The molecule has 0 radical (unpaired) electrons. The number of pyridine rings is 1. The fourth-order valence-corrected chi connectivity index (χ4v) is 5.67. The van der Waals surface area contributed by atoms with E-state index in [-0.39, 0.29) is 11.6 Å². The van der Waals surface area contributed by atoms with Gasteiger partial charge >= 0.3 is 0 Å². The van der Waals surface area contributed by atoms with Gasteiger partial charge in [0.1, 0.15) is 11.4 Å². The molecule has 0 amide bonds. The van der Waals surface area contributed by atoms with Gasteiger partial charge in [0, 0.05) is 51.1 Å². The lowest BCUT2D eigenvalue weighted by molar-refractivity contribution is 0.0905. The molecule has 2 aliphatic heterocycles. The van der Waals surface area contributed by atoms with Gasteiger partial charge in [-0.25, -0.2) is 4.98 Å². The van der Waals surface area contributed by atoms with Crippen LogP contribution in [0.4, 0.5) is 11.4 Å². The van der Waals surface area contributed by atoms with Crippen molar-refractivity contribution >= 4 is 44.0 Å². The topological polar surface area (TPSA) is 89.3 Å². The van der Waals surface area contributed by atoms with Crippen LogP contribution in [0.15, 0.2) is 34.4 Å². The van der Waals surface area contributed by atoms with E-state index in [1.807, 2.05) is 17.5 Å². The van der Waals surface area contributed by atoms with Crippen molar-refractivity contribution in [2.24, 2.45) is 0 Å². The lowest BCUT2D eigenvalue weighted by Gasteiger charge is -2.34. The summed E-state index contributed by atoms with van der Waals surface area (Å²) in [6, 6.07) is 8.57. The fourth-order valence-electron chi connectivity index (χ4n) is 4.80. The number of nitrogens with one attached hydrogen (secondary N) is 3. The molecule has 33 heavy (non-hydrogen) atoms. The van der Waals surface area contributed by atoms with E-state index in [1.54, 1.807) is 11.3 Å². The highest BCUT2D eigenvalue weighted by Gasteiger charge is 2.23. The number of hydrogen-bond acceptors (Lipinski definition) is 7. The molecular weight excluding hydrogens is 436 g/mol. The van der Waals surface area contributed by atoms with Crippen molar-refractivity contribution in [3.8, 4) is 11.4 Å². The molecule has 4 aromatic rings. The third-order valence-corrected chi connectivity index (χ3v) is 7.69. The van der Waals surface area contributed by atoms with E-state index in [0.717, 1.165) is 79.2 Å². The summed E-state index contributed by atoms with van der Waals surface area (Å²) in [7, 11) is 2.16. The summed E-state index contributed by atoms with van der Waals surface area (Å²) < 4.78 is 6.58. The molecular formula is C24H28N6O2S. The number of likely N-dealkylation sites (N-methyl/N-ethyl adjacent to an activating group) is 1. The standard InChI is InChI=1S/C24H28N6O2S/c1-29-7-9-30(10-8-29)16-2-3-17-19(14-16)27-23(26-17)20-21(25-15-4-11-32-12-5-15)22-18(6-13-33-22)28-24(20)31/h2-3,6,13-15H,4-5,7-12H2,1H3,(H,26,27)(H2,25,28,31). The number of aromatic amines is 2. The first-order valence-corrected chi connectivity index (χ1v) is 12.4. The molecule has 0 aliphatic carbocycles. The Balaban J connectivity index is 1.41. The van der Waals surface area contributed by atoms with E-state index in [1.165, 1.54) is 5.69 Å². The summed E-state index contributed by atoms with van der Waals surface area (Å²) in [4.78, 5) is 29.3. The van der Waals surface area contributed by atoms with Crippen molar-refractivity contribution in [1.82, 2.24) is 19.9 Å². The minimum Gasteiger partial charge on any atom is -0.381 e. The Morgan fingerprint density at radius 2 is 1.91 bits per heavy atom. The highest BCUT2D eigenvalue weighted by molar-refractivity contribution is 7.17. The largest absolute Gasteiger partial charge is 0.381 e. The minimum absolute atomic E-state index is 0.131. The highest BCUT2D eigenvalue weighted by atomic mass is 32.1. The molecule has 2 fully saturated rings. The number of rotatable bonds is 4. The summed E-state index contributed by atoms with van der Waals surface area (Å²) in [5, 5.41) is 5.68. The number of piperazine rings is 1. The Morgan fingerprint density at radius 1 is 1.09 bits per heavy atom. The quantitative estimate of drug-likeness (QED) is 0.429. The molecule has 5 heterocycles. The van der Waals surface area contributed by atoms with E-state index in [9.17, 15) is 4.79 Å². The summed E-state index contributed by atoms with van der Waals surface area (Å²) in [5.74, 6) is 0.603. The van der Waals surface area contributed by atoms with Gasteiger partial charge in [-0.15, -0.1) is 11.3 Å². The first-order chi connectivity index (χ1) is 16.2. The summed E-state index contributed by atoms with van der Waals surface area (Å²) in [6.07, 6.45) is 1.85. The Kier molecular flexibility index (Phi) is 5.32. The fraction of sp³-hybridized carbons (Fsp3) is 0.417. The Morgan fingerprint density at radius 3 is 2.73 bits per heavy atom. The third-order valence-electron chi connectivity index (χ3n) is 6.76. The van der Waals surface area contributed by atoms with Gasteiger partial charge in [-0.2, -0.15) is 0 Å². The molecule has 0 unspecified atom stereocenters. The van der Waals surface area contributed by atoms with Crippen LogP contribution in [0.5, 0.6) is 0 Å². The van der Waals surface area contributed by atoms with Gasteiger partial charge in [0.25, 0.3) is 5.56 Å². The van der Waals surface area contributed by atoms with Crippen LogP contribution in [0.1, 0.15) is 12.8 Å². The Hall–Kier alpha value is -2.88. The maximum atomic E-state index is 13.2. The number of H-pyrrole nitrogens is 2. The zero-order chi connectivity index (χ0) is 22.4. The van der Waals surface area contributed by atoms with Crippen molar-refractivity contribution in [2.45, 2.75) is 18.9 Å². The van der Waals surface area contributed by atoms with Crippen LogP contribution in [-0.4, -0.2) is 72.3 Å². The maximum absolute atomic E-state index is 13.2. The van der Waals surface area contributed by atoms with Crippen LogP contribution in [0, 0.1) is 0 Å². The third kappa shape index (κ3) is 3.90. The predicted octanol–water partition coefficient (Wildman–Crippen LogP) is 3.48. The first-order valence-electron chi connectivity index (χ1n) is 11.6. The second-order valence-corrected chi connectivity index (χ2v) is 9.89. The van der Waals surface area contributed by atoms with Crippen LogP contribution in [0.25, 0.3) is 32.6 Å². The molecule has 2 aliphatic rings. The lowest BCUT2D eigenvalue weighted by Crippen LogP contribution is -2.44. The van der Waals surface area contributed by atoms with Gasteiger partial charge in [-0.05, 0) is 49.5 Å². The van der Waals surface area contributed by atoms with Gasteiger partial charge in [0.05, 0.1) is 26.9 Å². The van der Waals surface area contributed by atoms with Crippen molar-refractivity contribution in [3.05, 3.63) is 40.0 Å². The molecule has 9 heteroatoms. The average Bonchev–Trinajstić information content (AvgIpc) is 3.46. The van der Waals surface area contributed by atoms with Crippen molar-refractivity contribution in [2.75, 3.05) is 56.7 Å². The Labute approximate surface area is 195 Å². The highest BCUT2D eigenvalue weighted by Crippen LogP contribution is 2.35. The molecule has 172 valence electrons. The van der Waals surface area contributed by atoms with Crippen LogP contribution in [0.2, 0.25) is 0 Å². The molecule has 2 saturated heterocycles. The van der Waals surface area contributed by atoms with E-state index >= 15 is 0 Å². The van der Waals surface area contributed by atoms with Gasteiger partial charge in [0.2, 0.25) is 0 Å². The predicted molar refractivity (Wildman–Crippen MR) is 135 cm³/mol. The number of hydrogen-bond donors (Lipinski definition) is 3. The van der Waals surface area contributed by atoms with Crippen LogP contribution in [-0.2, 0) is 4.74 Å². The number of aromatic nitrogens is 3. The molecule has 0 spiro atoms. The van der Waals surface area contributed by atoms with Crippen molar-refractivity contribution in [1.29, 1.82) is 0 Å². The van der Waals surface area contributed by atoms with E-state index < -0.39 is 0 Å². The van der Waals surface area contributed by atoms with Crippen molar-refractivity contribution < 1.29 is 4.74 Å². The molecule has 6 rings (SSSR count). The van der Waals surface area contributed by atoms with Gasteiger partial charge < -0.3 is 29.8 Å². The van der Waals surface area contributed by atoms with Crippen molar-refractivity contribution in [3.63, 3.8) is 0 Å². The SMILES string of the molecule is CN1CCN(c2ccc3nc(-c4c(NC5CCOCC5)c5sccc5[nH]c4=O)[nH]c3c2)CC1. The molecule has 3 N–H and O–H groups in total. The molecule has 0 saturated carbocycles. The normalized spacial score (nSPS) is 18.4. The molecule has 0 atom stereocenters. The van der Waals surface area contributed by atoms with E-state index in [2.05, 4.69) is 44.3 Å². The van der Waals surface area contributed by atoms with Gasteiger partial charge in [0.15, 0.2) is 0 Å². The van der Waals surface area contributed by atoms with Crippen LogP contribution < -0.4 is 15.8 Å². The maximum Gasteiger partial charge on any atom is 0.261 e. The second-order valence-electron chi connectivity index (χ2n) is 8.98. The molecule has 8 nitrogen and oxygen atoms in total. The van der Waals surface area contributed by atoms with Gasteiger partial charge in [-0.3, -0.25) is 4.79 Å². The average molecular weight is 465 g/mol. The summed E-state index contributed by atoms with van der Waals surface area (Å²) in [6.45, 7) is 5.62. The minimum atomic E-state index is -0.131. The summed E-state index contributed by atoms with van der Waals surface area (Å²) >= 11 is 1.63. The van der Waals surface area contributed by atoms with Crippen LogP contribution in [0.3, 0.4) is 0 Å². The lowest BCUT2D eigenvalue weighted by atomic mass is 10.1. The number of benzene rings is 1. The van der Waals surface area contributed by atoms with E-state index in [0.29, 0.717) is 11.4 Å². The van der Waals surface area contributed by atoms with E-state index in [4.69, 9.17) is 9.72 Å². The first kappa shape index (κ1) is 20.7.